The molecule has 0 radical (unpaired) electrons. The topological polar surface area (TPSA) is 127 Å². The molecule has 0 aliphatic carbocycles. The zero-order chi connectivity index (χ0) is 15.1. The van der Waals surface area contributed by atoms with Crippen LogP contribution in [0.5, 0.6) is 11.9 Å². The van der Waals surface area contributed by atoms with Crippen LogP contribution in [0.3, 0.4) is 0 Å². The summed E-state index contributed by atoms with van der Waals surface area (Å²) in [5.41, 5.74) is -0.325. The molecule has 0 saturated heterocycles. The third-order valence-corrected chi connectivity index (χ3v) is 2.17. The van der Waals surface area contributed by atoms with Gasteiger partial charge >= 0.3 is 6.01 Å². The van der Waals surface area contributed by atoms with E-state index in [-0.39, 0.29) is 24.2 Å². The van der Waals surface area contributed by atoms with Crippen molar-refractivity contribution in [3.05, 3.63) is 22.5 Å². The smallest absolute Gasteiger partial charge is 0.330 e. The summed E-state index contributed by atoms with van der Waals surface area (Å²) in [4.78, 5) is 23.2. The minimum absolute atomic E-state index is 0.0408. The van der Waals surface area contributed by atoms with Crippen LogP contribution < -0.4 is 20.9 Å². The number of nitrogens with zero attached hydrogens (tertiary/aromatic N) is 4. The Hall–Kier alpha value is -2.75. The van der Waals surface area contributed by atoms with Crippen molar-refractivity contribution in [2.45, 2.75) is 6.92 Å². The van der Waals surface area contributed by atoms with Crippen LogP contribution in [0.2, 0.25) is 0 Å². The Labute approximate surface area is 120 Å². The van der Waals surface area contributed by atoms with E-state index in [2.05, 4.69) is 35.8 Å². The summed E-state index contributed by atoms with van der Waals surface area (Å²) in [5, 5.41) is 11.8. The molecule has 2 rings (SSSR count). The van der Waals surface area contributed by atoms with Crippen LogP contribution in [-0.2, 0) is 4.74 Å². The molecule has 0 amide bonds. The number of aromatic nitrogens is 5. The molecular formula is C11H15N7O3. The van der Waals surface area contributed by atoms with Crippen molar-refractivity contribution in [3.63, 3.8) is 0 Å². The van der Waals surface area contributed by atoms with E-state index >= 15 is 0 Å². The van der Waals surface area contributed by atoms with Gasteiger partial charge in [0.25, 0.3) is 5.56 Å². The van der Waals surface area contributed by atoms with Crippen molar-refractivity contribution in [2.24, 2.45) is 0 Å². The van der Waals surface area contributed by atoms with Crippen LogP contribution in [-0.4, -0.2) is 45.5 Å². The maximum Gasteiger partial charge on any atom is 0.330 e. The molecule has 0 aromatic carbocycles. The second-order valence-corrected chi connectivity index (χ2v) is 3.77. The summed E-state index contributed by atoms with van der Waals surface area (Å²) in [6, 6.07) is 2.75. The zero-order valence-electron chi connectivity index (χ0n) is 11.6. The van der Waals surface area contributed by atoms with Crippen molar-refractivity contribution < 1.29 is 9.47 Å². The highest BCUT2D eigenvalue weighted by molar-refractivity contribution is 5.36. The van der Waals surface area contributed by atoms with Gasteiger partial charge in [-0.05, 0) is 6.92 Å². The molecule has 0 aliphatic heterocycles. The maximum atomic E-state index is 10.9. The summed E-state index contributed by atoms with van der Waals surface area (Å²) >= 11 is 0. The molecule has 0 aliphatic rings. The van der Waals surface area contributed by atoms with Crippen LogP contribution in [0.15, 0.2) is 16.9 Å². The van der Waals surface area contributed by atoms with Crippen LogP contribution in [0.4, 0.5) is 11.9 Å². The van der Waals surface area contributed by atoms with E-state index in [1.165, 1.54) is 12.1 Å². The average molecular weight is 293 g/mol. The Morgan fingerprint density at radius 1 is 1.19 bits per heavy atom. The number of aromatic amines is 1. The number of methoxy groups -OCH3 is 1. The van der Waals surface area contributed by atoms with E-state index in [0.29, 0.717) is 18.4 Å². The lowest BCUT2D eigenvalue weighted by Crippen LogP contribution is -2.12. The number of anilines is 2. The first-order valence-electron chi connectivity index (χ1n) is 6.17. The van der Waals surface area contributed by atoms with Crippen LogP contribution in [0.1, 0.15) is 6.92 Å². The van der Waals surface area contributed by atoms with Gasteiger partial charge in [-0.3, -0.25) is 4.79 Å². The molecule has 2 aromatic rings. The number of hydrogen-bond donors (Lipinski definition) is 3. The summed E-state index contributed by atoms with van der Waals surface area (Å²) in [6.07, 6.45) is 0. The molecule has 0 bridgehead atoms. The number of ether oxygens (including phenoxy) is 2. The second kappa shape index (κ2) is 7.14. The number of rotatable bonds is 7. The molecule has 10 heteroatoms. The SMILES string of the molecule is CCNc1nc(NCOC)nc(Oc2ccc(=O)[nH]n2)n1. The standard InChI is InChI=1S/C11H15N7O3/c1-3-12-9-14-10(13-6-20-2)16-11(15-9)21-8-5-4-7(19)17-18-8/h4-5H,3,6H2,1-2H3,(H,17,19)(H2,12,13,14,15,16). The monoisotopic (exact) mass is 293 g/mol. The third-order valence-electron chi connectivity index (χ3n) is 2.17. The van der Waals surface area contributed by atoms with Gasteiger partial charge in [0.05, 0.1) is 0 Å². The van der Waals surface area contributed by atoms with Gasteiger partial charge in [0.1, 0.15) is 6.73 Å². The predicted molar refractivity (Wildman–Crippen MR) is 74.4 cm³/mol. The molecule has 2 aromatic heterocycles. The second-order valence-electron chi connectivity index (χ2n) is 3.77. The Kier molecular flexibility index (Phi) is 4.99. The molecular weight excluding hydrogens is 278 g/mol. The fourth-order valence-electron chi connectivity index (χ4n) is 1.34. The normalized spacial score (nSPS) is 10.2. The van der Waals surface area contributed by atoms with E-state index in [4.69, 9.17) is 9.47 Å². The van der Waals surface area contributed by atoms with Gasteiger partial charge in [0.15, 0.2) is 0 Å². The molecule has 0 spiro atoms. The number of H-pyrrole nitrogens is 1. The molecule has 0 saturated carbocycles. The highest BCUT2D eigenvalue weighted by atomic mass is 16.5. The van der Waals surface area contributed by atoms with Crippen LogP contribution in [0.25, 0.3) is 0 Å². The van der Waals surface area contributed by atoms with Gasteiger partial charge in [0, 0.05) is 25.8 Å². The molecule has 0 fully saturated rings. The maximum absolute atomic E-state index is 10.9. The summed E-state index contributed by atoms with van der Waals surface area (Å²) in [5.74, 6) is 0.814. The first-order valence-corrected chi connectivity index (χ1v) is 6.17. The molecule has 21 heavy (non-hydrogen) atoms. The van der Waals surface area contributed by atoms with Crippen molar-refractivity contribution in [1.82, 2.24) is 25.1 Å². The Bertz CT molecular complexity index is 625. The molecule has 0 atom stereocenters. The Balaban J connectivity index is 2.21. The summed E-state index contributed by atoms with van der Waals surface area (Å²) in [7, 11) is 1.54. The van der Waals surface area contributed by atoms with Crippen molar-refractivity contribution in [3.8, 4) is 11.9 Å². The molecule has 3 N–H and O–H groups in total. The van der Waals surface area contributed by atoms with Gasteiger partial charge in [-0.1, -0.05) is 0 Å². The fraction of sp³-hybridized carbons (Fsp3) is 0.364. The first-order chi connectivity index (χ1) is 10.2. The summed E-state index contributed by atoms with van der Waals surface area (Å²) in [6.45, 7) is 2.80. The van der Waals surface area contributed by atoms with E-state index in [9.17, 15) is 4.79 Å². The van der Waals surface area contributed by atoms with E-state index in [0.717, 1.165) is 0 Å². The molecule has 2 heterocycles. The van der Waals surface area contributed by atoms with Crippen LogP contribution >= 0.6 is 0 Å². The largest absolute Gasteiger partial charge is 0.403 e. The molecule has 112 valence electrons. The average Bonchev–Trinajstić information content (AvgIpc) is 2.48. The lowest BCUT2D eigenvalue weighted by molar-refractivity contribution is 0.220. The van der Waals surface area contributed by atoms with E-state index in [1.54, 1.807) is 7.11 Å². The Morgan fingerprint density at radius 3 is 2.57 bits per heavy atom. The van der Waals surface area contributed by atoms with Crippen molar-refractivity contribution in [2.75, 3.05) is 31.0 Å². The van der Waals surface area contributed by atoms with Gasteiger partial charge < -0.3 is 20.1 Å². The number of nitrogens with one attached hydrogen (secondary N) is 3. The van der Waals surface area contributed by atoms with Gasteiger partial charge in [-0.2, -0.15) is 15.0 Å². The van der Waals surface area contributed by atoms with Crippen LogP contribution in [0, 0.1) is 0 Å². The fourth-order valence-corrected chi connectivity index (χ4v) is 1.34. The third kappa shape index (κ3) is 4.38. The quantitative estimate of drug-likeness (QED) is 0.613. The minimum atomic E-state index is -0.325. The van der Waals surface area contributed by atoms with E-state index < -0.39 is 0 Å². The van der Waals surface area contributed by atoms with Crippen molar-refractivity contribution >= 4 is 11.9 Å². The van der Waals surface area contributed by atoms with Gasteiger partial charge in [-0.25, -0.2) is 5.10 Å². The molecule has 10 nitrogen and oxygen atoms in total. The highest BCUT2D eigenvalue weighted by Gasteiger charge is 2.08. The molecule has 0 unspecified atom stereocenters. The predicted octanol–water partition coefficient (Wildman–Crippen LogP) is 0.195. The van der Waals surface area contributed by atoms with Gasteiger partial charge in [-0.15, -0.1) is 5.10 Å². The minimum Gasteiger partial charge on any atom is -0.403 e. The highest BCUT2D eigenvalue weighted by Crippen LogP contribution is 2.16. The first kappa shape index (κ1) is 14.7. The summed E-state index contributed by atoms with van der Waals surface area (Å²) < 4.78 is 10.3. The van der Waals surface area contributed by atoms with Crippen molar-refractivity contribution in [1.29, 1.82) is 0 Å². The zero-order valence-corrected chi connectivity index (χ0v) is 11.6. The lowest BCUT2D eigenvalue weighted by Gasteiger charge is -2.08. The van der Waals surface area contributed by atoms with E-state index in [1.807, 2.05) is 6.92 Å². The number of hydrogen-bond acceptors (Lipinski definition) is 9. The lowest BCUT2D eigenvalue weighted by atomic mass is 10.6. The Morgan fingerprint density at radius 2 is 1.95 bits per heavy atom. The van der Waals surface area contributed by atoms with Gasteiger partial charge in [0.2, 0.25) is 17.8 Å².